The minimum absolute atomic E-state index is 0. The van der Waals surface area contributed by atoms with Crippen LogP contribution in [0.4, 0.5) is 0 Å². The Morgan fingerprint density at radius 1 is 1.26 bits per heavy atom. The van der Waals surface area contributed by atoms with Crippen molar-refractivity contribution in [2.24, 2.45) is 0 Å². The van der Waals surface area contributed by atoms with E-state index in [1.165, 1.54) is 0 Å². The number of carbonyl (C=O) groups is 1. The van der Waals surface area contributed by atoms with Crippen LogP contribution in [0.3, 0.4) is 0 Å². The van der Waals surface area contributed by atoms with Crippen LogP contribution < -0.4 is 10.6 Å². The number of hydrogen-bond acceptors (Lipinski definition) is 6. The molecule has 1 aliphatic rings. The molecule has 1 saturated heterocycles. The van der Waals surface area contributed by atoms with Crippen LogP contribution in [0.5, 0.6) is 0 Å². The SMILES string of the molecule is CC(C)(C)c1noc(-c2ccccc2C(=O)NCCN2CCNCC2)n1.Cl. The lowest BCUT2D eigenvalue weighted by atomic mass is 9.96. The zero-order chi connectivity index (χ0) is 18.6. The molecule has 0 spiro atoms. The Morgan fingerprint density at radius 2 is 1.96 bits per heavy atom. The number of amides is 1. The normalized spacial score (nSPS) is 15.2. The highest BCUT2D eigenvalue weighted by molar-refractivity contribution is 5.99. The molecular formula is C19H28ClN5O2. The molecule has 2 aromatic rings. The molecule has 7 nitrogen and oxygen atoms in total. The molecule has 1 aliphatic heterocycles. The molecule has 0 atom stereocenters. The van der Waals surface area contributed by atoms with Crippen LogP contribution in [0.15, 0.2) is 28.8 Å². The van der Waals surface area contributed by atoms with Gasteiger partial charge in [0.05, 0.1) is 11.1 Å². The lowest BCUT2D eigenvalue weighted by Gasteiger charge is -2.27. The second kappa shape index (κ2) is 9.30. The van der Waals surface area contributed by atoms with Gasteiger partial charge in [-0.05, 0) is 12.1 Å². The van der Waals surface area contributed by atoms with Crippen molar-refractivity contribution in [3.8, 4) is 11.5 Å². The third kappa shape index (κ3) is 5.51. The van der Waals surface area contributed by atoms with Crippen LogP contribution in [0.25, 0.3) is 11.5 Å². The minimum Gasteiger partial charge on any atom is -0.351 e. The number of nitrogens with one attached hydrogen (secondary N) is 2. The molecule has 0 radical (unpaired) electrons. The van der Waals surface area contributed by atoms with Crippen LogP contribution >= 0.6 is 12.4 Å². The predicted octanol–water partition coefficient (Wildman–Crippen LogP) is 2.09. The van der Waals surface area contributed by atoms with Gasteiger partial charge in [0.25, 0.3) is 11.8 Å². The summed E-state index contributed by atoms with van der Waals surface area (Å²) in [5.74, 6) is 0.885. The molecule has 2 heterocycles. The molecule has 1 aromatic heterocycles. The van der Waals surface area contributed by atoms with Gasteiger partial charge in [-0.25, -0.2) is 0 Å². The maximum absolute atomic E-state index is 12.7. The molecule has 1 aromatic carbocycles. The summed E-state index contributed by atoms with van der Waals surface area (Å²) in [6.45, 7) is 11.6. The minimum atomic E-state index is -0.206. The highest BCUT2D eigenvalue weighted by Crippen LogP contribution is 2.26. The van der Waals surface area contributed by atoms with E-state index in [1.807, 2.05) is 39.0 Å². The lowest BCUT2D eigenvalue weighted by Crippen LogP contribution is -2.46. The first-order valence-corrected chi connectivity index (χ1v) is 9.10. The van der Waals surface area contributed by atoms with E-state index in [2.05, 4.69) is 25.7 Å². The molecule has 0 aliphatic carbocycles. The quantitative estimate of drug-likeness (QED) is 0.809. The van der Waals surface area contributed by atoms with Gasteiger partial charge in [0, 0.05) is 44.7 Å². The number of rotatable bonds is 5. The van der Waals surface area contributed by atoms with Crippen molar-refractivity contribution in [1.82, 2.24) is 25.7 Å². The summed E-state index contributed by atoms with van der Waals surface area (Å²) in [5, 5.41) is 10.4. The number of hydrogen-bond donors (Lipinski definition) is 2. The highest BCUT2D eigenvalue weighted by Gasteiger charge is 2.23. The Balaban J connectivity index is 0.00000261. The van der Waals surface area contributed by atoms with E-state index in [0.717, 1.165) is 32.7 Å². The maximum atomic E-state index is 12.7. The summed E-state index contributed by atoms with van der Waals surface area (Å²) >= 11 is 0. The van der Waals surface area contributed by atoms with E-state index in [9.17, 15) is 4.79 Å². The molecule has 0 saturated carbocycles. The van der Waals surface area contributed by atoms with E-state index in [1.54, 1.807) is 6.07 Å². The fourth-order valence-electron chi connectivity index (χ4n) is 2.86. The van der Waals surface area contributed by atoms with Crippen LogP contribution in [0.2, 0.25) is 0 Å². The largest absolute Gasteiger partial charge is 0.351 e. The fourth-order valence-corrected chi connectivity index (χ4v) is 2.86. The molecular weight excluding hydrogens is 366 g/mol. The highest BCUT2D eigenvalue weighted by atomic mass is 35.5. The second-order valence-electron chi connectivity index (χ2n) is 7.57. The Kier molecular flexibility index (Phi) is 7.35. The van der Waals surface area contributed by atoms with Crippen LogP contribution in [0, 0.1) is 0 Å². The van der Waals surface area contributed by atoms with E-state index in [0.29, 0.717) is 29.4 Å². The molecule has 1 fully saturated rings. The van der Waals surface area contributed by atoms with Crippen molar-refractivity contribution in [3.05, 3.63) is 35.7 Å². The lowest BCUT2D eigenvalue weighted by molar-refractivity contribution is 0.0947. The predicted molar refractivity (Wildman–Crippen MR) is 107 cm³/mol. The topological polar surface area (TPSA) is 83.3 Å². The first-order chi connectivity index (χ1) is 12.4. The molecule has 3 rings (SSSR count). The summed E-state index contributed by atoms with van der Waals surface area (Å²) in [7, 11) is 0. The number of nitrogens with zero attached hydrogens (tertiary/aromatic N) is 3. The monoisotopic (exact) mass is 393 g/mol. The van der Waals surface area contributed by atoms with Gasteiger partial charge in [-0.15, -0.1) is 12.4 Å². The summed E-state index contributed by atoms with van der Waals surface area (Å²) < 4.78 is 5.41. The first kappa shape index (κ1) is 21.3. The van der Waals surface area contributed by atoms with Crippen LogP contribution in [-0.4, -0.2) is 60.2 Å². The summed E-state index contributed by atoms with van der Waals surface area (Å²) in [6.07, 6.45) is 0. The molecule has 1 amide bonds. The molecule has 148 valence electrons. The third-order valence-corrected chi connectivity index (χ3v) is 4.42. The molecule has 2 N–H and O–H groups in total. The Hall–Kier alpha value is -1.96. The maximum Gasteiger partial charge on any atom is 0.258 e. The molecule has 0 unspecified atom stereocenters. The average molecular weight is 394 g/mol. The van der Waals surface area contributed by atoms with Gasteiger partial charge >= 0.3 is 0 Å². The van der Waals surface area contributed by atoms with Gasteiger partial charge in [0.15, 0.2) is 5.82 Å². The van der Waals surface area contributed by atoms with Gasteiger partial charge in [-0.1, -0.05) is 38.1 Å². The number of aromatic nitrogens is 2. The average Bonchev–Trinajstić information content (AvgIpc) is 3.13. The smallest absolute Gasteiger partial charge is 0.258 e. The van der Waals surface area contributed by atoms with Crippen molar-refractivity contribution in [3.63, 3.8) is 0 Å². The Bertz CT molecular complexity index is 751. The van der Waals surface area contributed by atoms with Gasteiger partial charge in [0.1, 0.15) is 0 Å². The van der Waals surface area contributed by atoms with E-state index in [4.69, 9.17) is 4.52 Å². The number of halogens is 1. The molecule has 27 heavy (non-hydrogen) atoms. The van der Waals surface area contributed by atoms with Crippen LogP contribution in [-0.2, 0) is 5.41 Å². The third-order valence-electron chi connectivity index (χ3n) is 4.42. The summed E-state index contributed by atoms with van der Waals surface area (Å²) in [5.41, 5.74) is 1.01. The van der Waals surface area contributed by atoms with Crippen molar-refractivity contribution >= 4 is 18.3 Å². The van der Waals surface area contributed by atoms with E-state index < -0.39 is 0 Å². The fraction of sp³-hybridized carbons (Fsp3) is 0.526. The van der Waals surface area contributed by atoms with E-state index >= 15 is 0 Å². The van der Waals surface area contributed by atoms with Crippen molar-refractivity contribution < 1.29 is 9.32 Å². The first-order valence-electron chi connectivity index (χ1n) is 9.10. The Morgan fingerprint density at radius 3 is 2.63 bits per heavy atom. The van der Waals surface area contributed by atoms with Gasteiger partial charge in [0.2, 0.25) is 0 Å². The molecule has 0 bridgehead atoms. The van der Waals surface area contributed by atoms with Crippen molar-refractivity contribution in [2.75, 3.05) is 39.3 Å². The zero-order valence-corrected chi connectivity index (χ0v) is 16.9. The van der Waals surface area contributed by atoms with Crippen LogP contribution in [0.1, 0.15) is 37.0 Å². The number of carbonyl (C=O) groups excluding carboxylic acids is 1. The van der Waals surface area contributed by atoms with Crippen molar-refractivity contribution in [2.45, 2.75) is 26.2 Å². The van der Waals surface area contributed by atoms with E-state index in [-0.39, 0.29) is 23.7 Å². The van der Waals surface area contributed by atoms with Gasteiger partial charge in [-0.2, -0.15) is 4.98 Å². The zero-order valence-electron chi connectivity index (χ0n) is 16.1. The van der Waals surface area contributed by atoms with Gasteiger partial charge < -0.3 is 15.2 Å². The number of benzene rings is 1. The molecule has 8 heteroatoms. The second-order valence-corrected chi connectivity index (χ2v) is 7.57. The summed E-state index contributed by atoms with van der Waals surface area (Å²) in [6, 6.07) is 7.34. The van der Waals surface area contributed by atoms with Gasteiger partial charge in [-0.3, -0.25) is 9.69 Å². The Labute approximate surface area is 166 Å². The standard InChI is InChI=1S/C19H27N5O2.ClH/c1-19(2,3)18-22-17(26-23-18)15-7-5-4-6-14(15)16(25)21-10-13-24-11-8-20-9-12-24;/h4-7,20H,8-13H2,1-3H3,(H,21,25);1H. The number of piperazine rings is 1. The summed E-state index contributed by atoms with van der Waals surface area (Å²) in [4.78, 5) is 19.5. The van der Waals surface area contributed by atoms with Crippen molar-refractivity contribution in [1.29, 1.82) is 0 Å².